The van der Waals surface area contributed by atoms with Crippen molar-refractivity contribution in [2.45, 2.75) is 32.1 Å². The van der Waals surface area contributed by atoms with E-state index in [1.165, 1.54) is 0 Å². The van der Waals surface area contributed by atoms with Crippen LogP contribution in [0.3, 0.4) is 0 Å². The number of carbonyl (C=O) groups excluding carboxylic acids is 1. The van der Waals surface area contributed by atoms with Crippen molar-refractivity contribution in [3.05, 3.63) is 28.8 Å². The van der Waals surface area contributed by atoms with Crippen molar-refractivity contribution in [1.82, 2.24) is 5.32 Å². The molecule has 0 aliphatic carbocycles. The summed E-state index contributed by atoms with van der Waals surface area (Å²) < 4.78 is 5.07. The summed E-state index contributed by atoms with van der Waals surface area (Å²) in [6.07, 6.45) is 2.36. The molecule has 1 amide bonds. The molecule has 116 valence electrons. The summed E-state index contributed by atoms with van der Waals surface area (Å²) in [4.78, 5) is 22.0. The number of carboxylic acids is 1. The minimum Gasteiger partial charge on any atom is -0.495 e. The molecule has 1 rings (SSSR count). The van der Waals surface area contributed by atoms with Crippen LogP contribution in [-0.2, 0) is 16.0 Å². The first-order chi connectivity index (χ1) is 10.0. The zero-order valence-corrected chi connectivity index (χ0v) is 12.8. The lowest BCUT2D eigenvalue weighted by molar-refractivity contribution is -0.137. The molecule has 1 aromatic carbocycles. The lowest BCUT2D eigenvalue weighted by Crippen LogP contribution is -2.24. The number of rotatable bonds is 9. The first-order valence-corrected chi connectivity index (χ1v) is 7.21. The third-order valence-electron chi connectivity index (χ3n) is 3.00. The van der Waals surface area contributed by atoms with Gasteiger partial charge in [-0.15, -0.1) is 0 Å². The van der Waals surface area contributed by atoms with E-state index in [2.05, 4.69) is 5.32 Å². The van der Waals surface area contributed by atoms with E-state index in [1.807, 2.05) is 6.07 Å². The Hall–Kier alpha value is -1.75. The van der Waals surface area contributed by atoms with Crippen molar-refractivity contribution in [3.8, 4) is 5.75 Å². The highest BCUT2D eigenvalue weighted by Crippen LogP contribution is 2.25. The van der Waals surface area contributed by atoms with Crippen molar-refractivity contribution in [2.24, 2.45) is 0 Å². The molecule has 6 heteroatoms. The van der Waals surface area contributed by atoms with Gasteiger partial charge in [0.05, 0.1) is 12.1 Å². The SMILES string of the molecule is COc1ccc(CCC(=O)NCCCCC(=O)O)cc1Cl. The van der Waals surface area contributed by atoms with E-state index in [1.54, 1.807) is 19.2 Å². The molecule has 0 aromatic heterocycles. The van der Waals surface area contributed by atoms with Gasteiger partial charge in [-0.05, 0) is 37.0 Å². The number of carboxylic acid groups (broad SMARTS) is 1. The van der Waals surface area contributed by atoms with Gasteiger partial charge in [-0.3, -0.25) is 9.59 Å². The molecule has 0 aliphatic rings. The molecule has 0 spiro atoms. The maximum absolute atomic E-state index is 11.6. The van der Waals surface area contributed by atoms with Crippen LogP contribution in [-0.4, -0.2) is 30.6 Å². The molecule has 0 atom stereocenters. The number of benzene rings is 1. The maximum Gasteiger partial charge on any atom is 0.303 e. The van der Waals surface area contributed by atoms with E-state index in [4.69, 9.17) is 21.4 Å². The molecular weight excluding hydrogens is 294 g/mol. The smallest absolute Gasteiger partial charge is 0.303 e. The van der Waals surface area contributed by atoms with Gasteiger partial charge in [0.15, 0.2) is 0 Å². The van der Waals surface area contributed by atoms with E-state index in [9.17, 15) is 9.59 Å². The summed E-state index contributed by atoms with van der Waals surface area (Å²) in [6, 6.07) is 5.45. The summed E-state index contributed by atoms with van der Waals surface area (Å²) in [6.45, 7) is 0.509. The van der Waals surface area contributed by atoms with Gasteiger partial charge in [0, 0.05) is 19.4 Å². The number of methoxy groups -OCH3 is 1. The first kappa shape index (κ1) is 17.3. The fraction of sp³-hybridized carbons (Fsp3) is 0.467. The molecule has 0 saturated carbocycles. The number of halogens is 1. The third-order valence-corrected chi connectivity index (χ3v) is 3.29. The highest BCUT2D eigenvalue weighted by Gasteiger charge is 2.05. The Morgan fingerprint density at radius 3 is 2.67 bits per heavy atom. The highest BCUT2D eigenvalue weighted by molar-refractivity contribution is 6.32. The quantitative estimate of drug-likeness (QED) is 0.687. The molecule has 5 nitrogen and oxygen atoms in total. The molecule has 0 unspecified atom stereocenters. The van der Waals surface area contributed by atoms with Crippen molar-refractivity contribution in [2.75, 3.05) is 13.7 Å². The second kappa shape index (κ2) is 9.23. The van der Waals surface area contributed by atoms with Crippen LogP contribution in [0, 0.1) is 0 Å². The minimum atomic E-state index is -0.808. The molecule has 0 saturated heterocycles. The molecule has 0 aliphatic heterocycles. The molecule has 0 fully saturated rings. The van der Waals surface area contributed by atoms with Crippen LogP contribution in [0.5, 0.6) is 5.75 Å². The standard InChI is InChI=1S/C15H20ClNO4/c1-21-13-7-5-11(10-12(13)16)6-8-14(18)17-9-3-2-4-15(19)20/h5,7,10H,2-4,6,8-9H2,1H3,(H,17,18)(H,19,20). The molecular formula is C15H20ClNO4. The van der Waals surface area contributed by atoms with E-state index < -0.39 is 5.97 Å². The summed E-state index contributed by atoms with van der Waals surface area (Å²) in [5.74, 6) is -0.238. The summed E-state index contributed by atoms with van der Waals surface area (Å²) in [7, 11) is 1.55. The minimum absolute atomic E-state index is 0.0442. The van der Waals surface area contributed by atoms with Gasteiger partial charge < -0.3 is 15.2 Å². The molecule has 0 radical (unpaired) electrons. The summed E-state index contributed by atoms with van der Waals surface area (Å²) in [5.41, 5.74) is 0.974. The van der Waals surface area contributed by atoms with E-state index in [-0.39, 0.29) is 12.3 Å². The van der Waals surface area contributed by atoms with Gasteiger partial charge >= 0.3 is 5.97 Å². The second-order valence-corrected chi connectivity index (χ2v) is 5.08. The van der Waals surface area contributed by atoms with Crippen LogP contribution in [0.1, 0.15) is 31.2 Å². The number of amides is 1. The second-order valence-electron chi connectivity index (χ2n) is 4.67. The third kappa shape index (κ3) is 6.99. The van der Waals surface area contributed by atoms with Crippen molar-refractivity contribution in [3.63, 3.8) is 0 Å². The van der Waals surface area contributed by atoms with Crippen LogP contribution < -0.4 is 10.1 Å². The Balaban J connectivity index is 2.23. The van der Waals surface area contributed by atoms with E-state index >= 15 is 0 Å². The monoisotopic (exact) mass is 313 g/mol. The van der Waals surface area contributed by atoms with Gasteiger partial charge in [0.2, 0.25) is 5.91 Å². The number of carbonyl (C=O) groups is 2. The zero-order chi connectivity index (χ0) is 15.7. The van der Waals surface area contributed by atoms with Crippen LogP contribution in [0.4, 0.5) is 0 Å². The number of nitrogens with one attached hydrogen (secondary N) is 1. The number of hydrogen-bond donors (Lipinski definition) is 2. The topological polar surface area (TPSA) is 75.6 Å². The first-order valence-electron chi connectivity index (χ1n) is 6.84. The largest absolute Gasteiger partial charge is 0.495 e. The lowest BCUT2D eigenvalue weighted by atomic mass is 10.1. The van der Waals surface area contributed by atoms with Gasteiger partial charge in [-0.2, -0.15) is 0 Å². The Morgan fingerprint density at radius 2 is 2.05 bits per heavy atom. The summed E-state index contributed by atoms with van der Waals surface area (Å²) >= 11 is 6.02. The number of unbranched alkanes of at least 4 members (excludes halogenated alkanes) is 1. The fourth-order valence-electron chi connectivity index (χ4n) is 1.84. The number of aliphatic carboxylic acids is 1. The van der Waals surface area contributed by atoms with Gasteiger partial charge in [-0.25, -0.2) is 0 Å². The van der Waals surface area contributed by atoms with Gasteiger partial charge in [0.25, 0.3) is 0 Å². The average Bonchev–Trinajstić information content (AvgIpc) is 2.44. The van der Waals surface area contributed by atoms with Crippen LogP contribution in [0.2, 0.25) is 5.02 Å². The zero-order valence-electron chi connectivity index (χ0n) is 12.0. The Morgan fingerprint density at radius 1 is 1.29 bits per heavy atom. The van der Waals surface area contributed by atoms with Crippen molar-refractivity contribution in [1.29, 1.82) is 0 Å². The maximum atomic E-state index is 11.6. The fourth-order valence-corrected chi connectivity index (χ4v) is 2.12. The summed E-state index contributed by atoms with van der Waals surface area (Å²) in [5, 5.41) is 11.8. The van der Waals surface area contributed by atoms with Gasteiger partial charge in [-0.1, -0.05) is 17.7 Å². The number of hydrogen-bond acceptors (Lipinski definition) is 3. The highest BCUT2D eigenvalue weighted by atomic mass is 35.5. The Bertz CT molecular complexity index is 491. The van der Waals surface area contributed by atoms with Crippen molar-refractivity contribution < 1.29 is 19.4 Å². The number of ether oxygens (including phenoxy) is 1. The Labute approximate surface area is 129 Å². The van der Waals surface area contributed by atoms with Crippen LogP contribution in [0.25, 0.3) is 0 Å². The predicted molar refractivity (Wildman–Crippen MR) is 80.8 cm³/mol. The average molecular weight is 314 g/mol. The molecule has 0 heterocycles. The lowest BCUT2D eigenvalue weighted by Gasteiger charge is -2.07. The normalized spacial score (nSPS) is 10.2. The molecule has 0 bridgehead atoms. The van der Waals surface area contributed by atoms with E-state index in [0.717, 1.165) is 5.56 Å². The Kier molecular flexibility index (Phi) is 7.61. The molecule has 2 N–H and O–H groups in total. The van der Waals surface area contributed by atoms with Crippen molar-refractivity contribution >= 4 is 23.5 Å². The molecule has 1 aromatic rings. The number of aryl methyl sites for hydroxylation is 1. The van der Waals surface area contributed by atoms with Crippen LogP contribution in [0.15, 0.2) is 18.2 Å². The molecule has 21 heavy (non-hydrogen) atoms. The predicted octanol–water partition coefficient (Wildman–Crippen LogP) is 2.65. The van der Waals surface area contributed by atoms with E-state index in [0.29, 0.717) is 43.0 Å². The van der Waals surface area contributed by atoms with Gasteiger partial charge in [0.1, 0.15) is 5.75 Å². The van der Waals surface area contributed by atoms with Crippen LogP contribution >= 0.6 is 11.6 Å².